The van der Waals surface area contributed by atoms with Crippen molar-refractivity contribution in [3.05, 3.63) is 111 Å². The van der Waals surface area contributed by atoms with E-state index in [9.17, 15) is 19.5 Å². The zero-order chi connectivity index (χ0) is 26.1. The SMILES string of the molecule is COC(=O)c1ccc(C2/C(=C(\O)c3ccc(Br)cc3)C(=O)C(=O)N2CCc2c[nH]c3ccccc23)cc1. The number of aromatic nitrogens is 1. The molecule has 186 valence electrons. The predicted octanol–water partition coefficient (Wildman–Crippen LogP) is 5.38. The minimum absolute atomic E-state index is 0.0112. The molecule has 1 aliphatic heterocycles. The Morgan fingerprint density at radius 3 is 2.38 bits per heavy atom. The number of halogens is 1. The van der Waals surface area contributed by atoms with Crippen LogP contribution in [-0.2, 0) is 20.7 Å². The normalized spacial score (nSPS) is 16.9. The number of aliphatic hydroxyl groups excluding tert-OH is 1. The highest BCUT2D eigenvalue weighted by molar-refractivity contribution is 9.10. The molecule has 37 heavy (non-hydrogen) atoms. The quantitative estimate of drug-likeness (QED) is 0.143. The number of carbonyl (C=O) groups is 3. The molecule has 1 saturated heterocycles. The first-order valence-electron chi connectivity index (χ1n) is 11.7. The van der Waals surface area contributed by atoms with E-state index in [0.29, 0.717) is 23.1 Å². The van der Waals surface area contributed by atoms with Crippen LogP contribution in [0.15, 0.2) is 89.0 Å². The van der Waals surface area contributed by atoms with Crippen molar-refractivity contribution in [3.63, 3.8) is 0 Å². The number of likely N-dealkylation sites (tertiary alicyclic amines) is 1. The Morgan fingerprint density at radius 1 is 1.00 bits per heavy atom. The summed E-state index contributed by atoms with van der Waals surface area (Å²) < 4.78 is 5.60. The van der Waals surface area contributed by atoms with Gasteiger partial charge in [-0.2, -0.15) is 0 Å². The predicted molar refractivity (Wildman–Crippen MR) is 143 cm³/mol. The lowest BCUT2D eigenvalue weighted by Gasteiger charge is -2.25. The second-order valence-corrected chi connectivity index (χ2v) is 9.64. The summed E-state index contributed by atoms with van der Waals surface area (Å²) in [6, 6.07) is 20.4. The van der Waals surface area contributed by atoms with E-state index in [1.165, 1.54) is 12.0 Å². The molecule has 0 aliphatic carbocycles. The lowest BCUT2D eigenvalue weighted by molar-refractivity contribution is -0.139. The van der Waals surface area contributed by atoms with Gasteiger partial charge in [-0.3, -0.25) is 9.59 Å². The van der Waals surface area contributed by atoms with Crippen molar-refractivity contribution in [2.24, 2.45) is 0 Å². The van der Waals surface area contributed by atoms with Crippen LogP contribution in [-0.4, -0.2) is 46.3 Å². The number of esters is 1. The van der Waals surface area contributed by atoms with E-state index in [4.69, 9.17) is 4.74 Å². The minimum atomic E-state index is -0.819. The van der Waals surface area contributed by atoms with Gasteiger partial charge in [-0.05, 0) is 47.9 Å². The number of nitrogens with one attached hydrogen (secondary N) is 1. The number of aliphatic hydroxyl groups is 1. The van der Waals surface area contributed by atoms with Crippen LogP contribution in [0.5, 0.6) is 0 Å². The van der Waals surface area contributed by atoms with Crippen LogP contribution in [0.2, 0.25) is 0 Å². The first-order chi connectivity index (χ1) is 17.9. The summed E-state index contributed by atoms with van der Waals surface area (Å²) >= 11 is 3.37. The fourth-order valence-electron chi connectivity index (χ4n) is 4.72. The van der Waals surface area contributed by atoms with Crippen molar-refractivity contribution in [2.75, 3.05) is 13.7 Å². The summed E-state index contributed by atoms with van der Waals surface area (Å²) in [5, 5.41) is 12.3. The molecule has 2 N–H and O–H groups in total. The van der Waals surface area contributed by atoms with Crippen molar-refractivity contribution in [2.45, 2.75) is 12.5 Å². The van der Waals surface area contributed by atoms with Crippen molar-refractivity contribution < 1.29 is 24.2 Å². The molecule has 1 fully saturated rings. The Balaban J connectivity index is 1.56. The summed E-state index contributed by atoms with van der Waals surface area (Å²) in [7, 11) is 1.30. The number of para-hydroxylation sites is 1. The van der Waals surface area contributed by atoms with Crippen LogP contribution < -0.4 is 0 Å². The molecule has 1 unspecified atom stereocenters. The molecule has 8 heteroatoms. The van der Waals surface area contributed by atoms with E-state index in [2.05, 4.69) is 20.9 Å². The molecule has 0 radical (unpaired) electrons. The molecule has 0 saturated carbocycles. The number of ketones is 1. The lowest BCUT2D eigenvalue weighted by Crippen LogP contribution is -2.31. The van der Waals surface area contributed by atoms with Crippen molar-refractivity contribution in [1.82, 2.24) is 9.88 Å². The molecule has 1 atom stereocenters. The van der Waals surface area contributed by atoms with Gasteiger partial charge in [0.2, 0.25) is 0 Å². The van der Waals surface area contributed by atoms with E-state index < -0.39 is 23.7 Å². The number of fused-ring (bicyclic) bond motifs is 1. The maximum atomic E-state index is 13.3. The molecule has 2 heterocycles. The molecule has 7 nitrogen and oxygen atoms in total. The highest BCUT2D eigenvalue weighted by atomic mass is 79.9. The van der Waals surface area contributed by atoms with Gasteiger partial charge in [-0.1, -0.05) is 58.4 Å². The van der Waals surface area contributed by atoms with Crippen molar-refractivity contribution in [3.8, 4) is 0 Å². The monoisotopic (exact) mass is 558 g/mol. The van der Waals surface area contributed by atoms with Gasteiger partial charge >= 0.3 is 5.97 Å². The van der Waals surface area contributed by atoms with Crippen LogP contribution in [0.3, 0.4) is 0 Å². The molecule has 0 bridgehead atoms. The van der Waals surface area contributed by atoms with Crippen molar-refractivity contribution >= 4 is 50.3 Å². The topological polar surface area (TPSA) is 99.7 Å². The van der Waals surface area contributed by atoms with E-state index >= 15 is 0 Å². The first kappa shape index (κ1) is 24.5. The third-order valence-electron chi connectivity index (χ3n) is 6.60. The summed E-state index contributed by atoms with van der Waals surface area (Å²) in [4.78, 5) is 43.2. The van der Waals surface area contributed by atoms with Crippen molar-refractivity contribution in [1.29, 1.82) is 0 Å². The fourth-order valence-corrected chi connectivity index (χ4v) is 4.98. The number of ether oxygens (including phenoxy) is 1. The van der Waals surface area contributed by atoms with E-state index in [1.807, 2.05) is 30.5 Å². The Morgan fingerprint density at radius 2 is 1.68 bits per heavy atom. The Hall–Kier alpha value is -4.17. The summed E-state index contributed by atoms with van der Waals surface area (Å²) in [6.07, 6.45) is 2.41. The molecule has 4 aromatic rings. The molecular weight excluding hydrogens is 536 g/mol. The highest BCUT2D eigenvalue weighted by Crippen LogP contribution is 2.40. The zero-order valence-electron chi connectivity index (χ0n) is 19.9. The number of aromatic amines is 1. The molecule has 0 spiro atoms. The number of rotatable bonds is 6. The van der Waals surface area contributed by atoms with Gasteiger partial charge in [-0.15, -0.1) is 0 Å². The lowest BCUT2D eigenvalue weighted by atomic mass is 9.94. The number of Topliss-reactive ketones (excluding diaryl/α,β-unsaturated/α-hetero) is 1. The van der Waals surface area contributed by atoms with Crippen LogP contribution in [0, 0.1) is 0 Å². The molecule has 5 rings (SSSR count). The smallest absolute Gasteiger partial charge is 0.337 e. The van der Waals surface area contributed by atoms with Gasteiger partial charge < -0.3 is 19.7 Å². The summed E-state index contributed by atoms with van der Waals surface area (Å²) in [6.45, 7) is 0.257. The number of methoxy groups -OCH3 is 1. The number of hydrogen-bond donors (Lipinski definition) is 2. The minimum Gasteiger partial charge on any atom is -0.507 e. The fraction of sp³-hybridized carbons (Fsp3) is 0.138. The average molecular weight is 559 g/mol. The number of amides is 1. The van der Waals surface area contributed by atoms with Gasteiger partial charge in [-0.25, -0.2) is 4.79 Å². The Bertz CT molecular complexity index is 1540. The van der Waals surface area contributed by atoms with Crippen LogP contribution >= 0.6 is 15.9 Å². The highest BCUT2D eigenvalue weighted by Gasteiger charge is 2.45. The zero-order valence-corrected chi connectivity index (χ0v) is 21.5. The maximum Gasteiger partial charge on any atom is 0.337 e. The Kier molecular flexibility index (Phi) is 6.67. The summed E-state index contributed by atoms with van der Waals surface area (Å²) in [5.41, 5.74) is 3.39. The molecule has 3 aromatic carbocycles. The molecule has 1 aliphatic rings. The van der Waals surface area contributed by atoms with Gasteiger partial charge in [0.05, 0.1) is 24.3 Å². The Labute approximate surface area is 221 Å². The van der Waals surface area contributed by atoms with Gasteiger partial charge in [0.15, 0.2) is 0 Å². The molecular formula is C29H23BrN2O5. The second kappa shape index (κ2) is 10.1. The first-order valence-corrected chi connectivity index (χ1v) is 12.5. The number of nitrogens with zero attached hydrogens (tertiary/aromatic N) is 1. The maximum absolute atomic E-state index is 13.3. The standard InChI is InChI=1S/C29H23BrN2O5/c1-37-29(36)19-8-6-17(7-9-19)25-24(26(33)18-10-12-21(30)13-11-18)27(34)28(35)32(25)15-14-20-16-31-23-5-3-2-4-22(20)23/h2-13,16,25,31,33H,14-15H2,1H3/b26-24+. The number of benzene rings is 3. The summed E-state index contributed by atoms with van der Waals surface area (Å²) in [5.74, 6) is -2.17. The largest absolute Gasteiger partial charge is 0.507 e. The number of carbonyl (C=O) groups excluding carboxylic acids is 3. The molecule has 1 amide bonds. The number of hydrogen-bond acceptors (Lipinski definition) is 5. The van der Waals surface area contributed by atoms with E-state index in [-0.39, 0.29) is 17.9 Å². The van der Waals surface area contributed by atoms with Gasteiger partial charge in [0.1, 0.15) is 5.76 Å². The third kappa shape index (κ3) is 4.56. The van der Waals surface area contributed by atoms with Gasteiger partial charge in [0, 0.05) is 33.7 Å². The van der Waals surface area contributed by atoms with Crippen LogP contribution in [0.1, 0.15) is 33.1 Å². The second-order valence-electron chi connectivity index (χ2n) is 8.72. The van der Waals surface area contributed by atoms with Crippen LogP contribution in [0.4, 0.5) is 0 Å². The van der Waals surface area contributed by atoms with E-state index in [1.54, 1.807) is 48.5 Å². The number of H-pyrrole nitrogens is 1. The average Bonchev–Trinajstić information content (AvgIpc) is 3.45. The van der Waals surface area contributed by atoms with E-state index in [0.717, 1.165) is 20.9 Å². The van der Waals surface area contributed by atoms with Gasteiger partial charge in [0.25, 0.3) is 11.7 Å². The van der Waals surface area contributed by atoms with Crippen LogP contribution in [0.25, 0.3) is 16.7 Å². The molecule has 1 aromatic heterocycles. The third-order valence-corrected chi connectivity index (χ3v) is 7.13.